The van der Waals surface area contributed by atoms with Crippen molar-refractivity contribution in [2.45, 2.75) is 58.7 Å². The molecule has 1 aliphatic heterocycles. The Kier molecular flexibility index (Phi) is 4.87. The third-order valence-electron chi connectivity index (χ3n) is 4.80. The number of hydrogen-bond donors (Lipinski definition) is 1. The van der Waals surface area contributed by atoms with Gasteiger partial charge < -0.3 is 10.2 Å². The van der Waals surface area contributed by atoms with Gasteiger partial charge >= 0.3 is 0 Å². The normalized spacial score (nSPS) is 23.1. The molecule has 2 aliphatic rings. The molecule has 1 saturated heterocycles. The number of likely N-dealkylation sites (tertiary alicyclic amines) is 1. The first kappa shape index (κ1) is 15.3. The number of hydrogen-bond acceptors (Lipinski definition) is 3. The molecule has 0 bridgehead atoms. The molecule has 1 N–H and O–H groups in total. The van der Waals surface area contributed by atoms with Crippen molar-refractivity contribution < 1.29 is 0 Å². The fourth-order valence-corrected chi connectivity index (χ4v) is 3.72. The van der Waals surface area contributed by atoms with Crippen molar-refractivity contribution in [2.75, 3.05) is 19.6 Å². The fourth-order valence-electron chi connectivity index (χ4n) is 3.38. The van der Waals surface area contributed by atoms with Crippen LogP contribution in [-0.4, -0.2) is 40.4 Å². The van der Waals surface area contributed by atoms with E-state index in [0.29, 0.717) is 0 Å². The minimum Gasteiger partial charge on any atom is -0.311 e. The van der Waals surface area contributed by atoms with Gasteiger partial charge in [-0.25, -0.2) is 0 Å². The second-order valence-corrected chi connectivity index (χ2v) is 6.77. The lowest BCUT2D eigenvalue weighted by Crippen LogP contribution is -2.28. The third-order valence-corrected chi connectivity index (χ3v) is 5.24. The lowest BCUT2D eigenvalue weighted by Gasteiger charge is -2.15. The number of nitrogens with zero attached hydrogens (tertiary/aromatic N) is 3. The van der Waals surface area contributed by atoms with Gasteiger partial charge in [0.25, 0.3) is 0 Å². The van der Waals surface area contributed by atoms with Gasteiger partial charge in [0.15, 0.2) is 0 Å². The highest BCUT2D eigenvalue weighted by molar-refractivity contribution is 6.31. The van der Waals surface area contributed by atoms with E-state index in [1.54, 1.807) is 0 Å². The molecule has 2 heterocycles. The second kappa shape index (κ2) is 6.67. The molecule has 1 aromatic heterocycles. The van der Waals surface area contributed by atoms with Gasteiger partial charge in [0.1, 0.15) is 0 Å². The van der Waals surface area contributed by atoms with Gasteiger partial charge in [-0.2, -0.15) is 5.10 Å². The lowest BCUT2D eigenvalue weighted by molar-refractivity contribution is 0.311. The van der Waals surface area contributed by atoms with Crippen LogP contribution in [0.15, 0.2) is 0 Å². The zero-order valence-corrected chi connectivity index (χ0v) is 14.0. The average molecular weight is 311 g/mol. The topological polar surface area (TPSA) is 33.1 Å². The Hall–Kier alpha value is -0.580. The van der Waals surface area contributed by atoms with Crippen molar-refractivity contribution >= 4 is 11.6 Å². The molecule has 1 aromatic rings. The Morgan fingerprint density at radius 1 is 1.29 bits per heavy atom. The van der Waals surface area contributed by atoms with Crippen LogP contribution in [0.1, 0.15) is 44.5 Å². The van der Waals surface area contributed by atoms with E-state index in [9.17, 15) is 0 Å². The molecule has 1 atom stereocenters. The highest BCUT2D eigenvalue weighted by Gasteiger charge is 2.34. The van der Waals surface area contributed by atoms with E-state index >= 15 is 0 Å². The maximum atomic E-state index is 6.45. The predicted octanol–water partition coefficient (Wildman–Crippen LogP) is 2.69. The molecule has 2 fully saturated rings. The summed E-state index contributed by atoms with van der Waals surface area (Å²) in [5.41, 5.74) is 2.17. The van der Waals surface area contributed by atoms with Crippen LogP contribution in [0.25, 0.3) is 0 Å². The molecule has 0 spiro atoms. The molecule has 5 heteroatoms. The van der Waals surface area contributed by atoms with Gasteiger partial charge in [0, 0.05) is 25.7 Å². The number of rotatable bonds is 7. The molecule has 0 aromatic carbocycles. The Labute approximate surface area is 132 Å². The Bertz CT molecular complexity index is 481. The van der Waals surface area contributed by atoms with Crippen molar-refractivity contribution in [3.05, 3.63) is 16.4 Å². The van der Waals surface area contributed by atoms with E-state index in [2.05, 4.69) is 29.2 Å². The highest BCUT2D eigenvalue weighted by Crippen LogP contribution is 2.31. The molecular formula is C16H27ClN4. The summed E-state index contributed by atoms with van der Waals surface area (Å²) in [6, 6.07) is 0.915. The number of aromatic nitrogens is 2. The zero-order valence-electron chi connectivity index (χ0n) is 13.2. The first-order chi connectivity index (χ1) is 10.2. The Balaban J connectivity index is 1.50. The van der Waals surface area contributed by atoms with Crippen LogP contribution in [0.2, 0.25) is 5.02 Å². The SMILES string of the molecule is CCc1nn(CC)c(CNCC2CCN(C3CC3)C2)c1Cl. The summed E-state index contributed by atoms with van der Waals surface area (Å²) in [7, 11) is 0. The largest absolute Gasteiger partial charge is 0.311 e. The maximum absolute atomic E-state index is 6.45. The van der Waals surface area contributed by atoms with E-state index < -0.39 is 0 Å². The third kappa shape index (κ3) is 3.43. The molecule has 0 amide bonds. The summed E-state index contributed by atoms with van der Waals surface area (Å²) in [6.07, 6.45) is 5.08. The number of aryl methyl sites for hydroxylation is 2. The van der Waals surface area contributed by atoms with Gasteiger partial charge in [-0.3, -0.25) is 4.68 Å². The molecular weight excluding hydrogens is 284 g/mol. The smallest absolute Gasteiger partial charge is 0.0863 e. The minimum absolute atomic E-state index is 0.799. The standard InChI is InChI=1S/C16H27ClN4/c1-3-14-16(17)15(21(4-2)19-14)10-18-9-12-7-8-20(11-12)13-5-6-13/h12-13,18H,3-11H2,1-2H3. The monoisotopic (exact) mass is 310 g/mol. The van der Waals surface area contributed by atoms with Crippen molar-refractivity contribution in [3.8, 4) is 0 Å². The summed E-state index contributed by atoms with van der Waals surface area (Å²) < 4.78 is 2.04. The van der Waals surface area contributed by atoms with Gasteiger partial charge in [-0.1, -0.05) is 18.5 Å². The molecule has 118 valence electrons. The van der Waals surface area contributed by atoms with Crippen LogP contribution in [0.3, 0.4) is 0 Å². The summed E-state index contributed by atoms with van der Waals surface area (Å²) in [4.78, 5) is 2.67. The van der Waals surface area contributed by atoms with Crippen molar-refractivity contribution in [1.82, 2.24) is 20.0 Å². The van der Waals surface area contributed by atoms with E-state index in [1.165, 1.54) is 32.4 Å². The van der Waals surface area contributed by atoms with Crippen LogP contribution in [-0.2, 0) is 19.5 Å². The summed E-state index contributed by atoms with van der Waals surface area (Å²) in [6.45, 7) is 9.61. The van der Waals surface area contributed by atoms with Crippen molar-refractivity contribution in [2.24, 2.45) is 5.92 Å². The zero-order chi connectivity index (χ0) is 14.8. The lowest BCUT2D eigenvalue weighted by atomic mass is 10.1. The molecule has 3 rings (SSSR count). The van der Waals surface area contributed by atoms with Gasteiger partial charge in [0.2, 0.25) is 0 Å². The van der Waals surface area contributed by atoms with Crippen LogP contribution < -0.4 is 5.32 Å². The van der Waals surface area contributed by atoms with E-state index in [-0.39, 0.29) is 0 Å². The molecule has 0 radical (unpaired) electrons. The van der Waals surface area contributed by atoms with E-state index in [1.807, 2.05) is 4.68 Å². The molecule has 21 heavy (non-hydrogen) atoms. The molecule has 1 saturated carbocycles. The van der Waals surface area contributed by atoms with E-state index in [0.717, 1.165) is 54.4 Å². The maximum Gasteiger partial charge on any atom is 0.0863 e. The summed E-state index contributed by atoms with van der Waals surface area (Å²) in [5, 5.41) is 9.04. The molecule has 1 unspecified atom stereocenters. The van der Waals surface area contributed by atoms with Crippen LogP contribution in [0, 0.1) is 5.92 Å². The molecule has 1 aliphatic carbocycles. The van der Waals surface area contributed by atoms with Gasteiger partial charge in [0.05, 0.1) is 16.4 Å². The summed E-state index contributed by atoms with van der Waals surface area (Å²) >= 11 is 6.45. The van der Waals surface area contributed by atoms with Crippen LogP contribution in [0.4, 0.5) is 0 Å². The van der Waals surface area contributed by atoms with Crippen LogP contribution >= 0.6 is 11.6 Å². The van der Waals surface area contributed by atoms with Crippen LogP contribution in [0.5, 0.6) is 0 Å². The first-order valence-electron chi connectivity index (χ1n) is 8.41. The van der Waals surface area contributed by atoms with E-state index in [4.69, 9.17) is 11.6 Å². The number of nitrogens with one attached hydrogen (secondary N) is 1. The quantitative estimate of drug-likeness (QED) is 0.840. The predicted molar refractivity (Wildman–Crippen MR) is 86.7 cm³/mol. The first-order valence-corrected chi connectivity index (χ1v) is 8.79. The average Bonchev–Trinajstić information content (AvgIpc) is 3.16. The van der Waals surface area contributed by atoms with Gasteiger partial charge in [-0.05, 0) is 51.6 Å². The summed E-state index contributed by atoms with van der Waals surface area (Å²) in [5.74, 6) is 0.799. The Morgan fingerprint density at radius 3 is 2.76 bits per heavy atom. The Morgan fingerprint density at radius 2 is 2.10 bits per heavy atom. The van der Waals surface area contributed by atoms with Gasteiger partial charge in [-0.15, -0.1) is 0 Å². The fraction of sp³-hybridized carbons (Fsp3) is 0.812. The second-order valence-electron chi connectivity index (χ2n) is 6.39. The van der Waals surface area contributed by atoms with Crippen molar-refractivity contribution in [1.29, 1.82) is 0 Å². The molecule has 4 nitrogen and oxygen atoms in total. The highest BCUT2D eigenvalue weighted by atomic mass is 35.5. The number of halogens is 1. The van der Waals surface area contributed by atoms with Crippen molar-refractivity contribution in [3.63, 3.8) is 0 Å². The minimum atomic E-state index is 0.799.